The van der Waals surface area contributed by atoms with E-state index in [1.807, 2.05) is 27.5 Å². The lowest BCUT2D eigenvalue weighted by Gasteiger charge is -2.14. The van der Waals surface area contributed by atoms with Crippen LogP contribution in [0.3, 0.4) is 0 Å². The second kappa shape index (κ2) is 10.6. The molecule has 9 heteroatoms. The molecular weight excluding hydrogens is 535 g/mol. The SMILES string of the molecule is O=C(COCC1CC1)c1cc2c(ncn2CCCn2ccnc2)c(F)c1Cc1ccc(Br)cc1Cl. The van der Waals surface area contributed by atoms with Crippen LogP contribution >= 0.6 is 27.5 Å². The molecule has 1 saturated carbocycles. The van der Waals surface area contributed by atoms with Gasteiger partial charge in [-0.2, -0.15) is 0 Å². The van der Waals surface area contributed by atoms with Crippen LogP contribution in [0.15, 0.2) is 53.8 Å². The summed E-state index contributed by atoms with van der Waals surface area (Å²) in [5.74, 6) is -0.179. The molecule has 0 aliphatic heterocycles. The van der Waals surface area contributed by atoms with Crippen molar-refractivity contribution in [3.8, 4) is 0 Å². The van der Waals surface area contributed by atoms with Crippen LogP contribution in [0, 0.1) is 11.7 Å². The number of nitrogens with zero attached hydrogens (tertiary/aromatic N) is 4. The van der Waals surface area contributed by atoms with E-state index in [-0.39, 0.29) is 24.3 Å². The van der Waals surface area contributed by atoms with Gasteiger partial charge in [-0.15, -0.1) is 0 Å². The van der Waals surface area contributed by atoms with Gasteiger partial charge in [-0.3, -0.25) is 4.79 Å². The Balaban J connectivity index is 1.46. The van der Waals surface area contributed by atoms with Gasteiger partial charge in [-0.05, 0) is 48.9 Å². The summed E-state index contributed by atoms with van der Waals surface area (Å²) < 4.78 is 26.2. The Hall–Kier alpha value is -2.55. The van der Waals surface area contributed by atoms with Crippen molar-refractivity contribution < 1.29 is 13.9 Å². The number of ether oxygens (including phenoxy) is 1. The van der Waals surface area contributed by atoms with Crippen molar-refractivity contribution in [2.75, 3.05) is 13.2 Å². The number of ketones is 1. The molecular formula is C26H25BrClFN4O2. The summed E-state index contributed by atoms with van der Waals surface area (Å²) in [6.07, 6.45) is 10.3. The summed E-state index contributed by atoms with van der Waals surface area (Å²) >= 11 is 9.82. The quantitative estimate of drug-likeness (QED) is 0.209. The number of fused-ring (bicyclic) bond motifs is 1. The maximum atomic E-state index is 15.9. The maximum absolute atomic E-state index is 15.9. The van der Waals surface area contributed by atoms with Gasteiger partial charge < -0.3 is 13.9 Å². The Labute approximate surface area is 216 Å². The standard InChI is InChI=1S/C26H25BrClFN4O2/c27-19-5-4-18(22(28)11-19)10-21-20(24(34)14-35-13-17-2-3-17)12-23-26(25(21)29)31-16-33(23)8-1-7-32-9-6-30-15-32/h4-6,9,11-12,15-17H,1-3,7-8,10,13-14H2. The molecule has 0 unspecified atom stereocenters. The van der Waals surface area contributed by atoms with E-state index in [1.165, 1.54) is 0 Å². The zero-order valence-corrected chi connectivity index (χ0v) is 21.4. The highest BCUT2D eigenvalue weighted by atomic mass is 79.9. The number of hydrogen-bond acceptors (Lipinski definition) is 4. The van der Waals surface area contributed by atoms with Crippen LogP contribution in [-0.2, 0) is 24.2 Å². The highest BCUT2D eigenvalue weighted by Crippen LogP contribution is 2.31. The Morgan fingerprint density at radius 3 is 2.83 bits per heavy atom. The van der Waals surface area contributed by atoms with Crippen LogP contribution in [-0.4, -0.2) is 38.1 Å². The number of hydrogen-bond donors (Lipinski definition) is 0. The first kappa shape index (κ1) is 24.2. The molecule has 0 bridgehead atoms. The van der Waals surface area contributed by atoms with Crippen molar-refractivity contribution in [3.63, 3.8) is 0 Å². The van der Waals surface area contributed by atoms with Gasteiger partial charge in [-0.25, -0.2) is 14.4 Å². The molecule has 0 amide bonds. The lowest BCUT2D eigenvalue weighted by molar-refractivity contribution is 0.0738. The minimum absolute atomic E-state index is 0.0721. The second-order valence-electron chi connectivity index (χ2n) is 8.97. The number of Topliss-reactive ketones (excluding diaryl/α,β-unsaturated/α-hetero) is 1. The van der Waals surface area contributed by atoms with E-state index in [0.29, 0.717) is 40.7 Å². The van der Waals surface area contributed by atoms with Gasteiger partial charge in [0.1, 0.15) is 12.1 Å². The monoisotopic (exact) mass is 558 g/mol. The van der Waals surface area contributed by atoms with E-state index in [2.05, 4.69) is 25.9 Å². The van der Waals surface area contributed by atoms with Gasteiger partial charge in [0.25, 0.3) is 0 Å². The Morgan fingerprint density at radius 1 is 1.23 bits per heavy atom. The van der Waals surface area contributed by atoms with Gasteiger partial charge in [0.15, 0.2) is 11.6 Å². The third-order valence-corrected chi connectivity index (χ3v) is 7.14. The molecule has 2 aromatic carbocycles. The van der Waals surface area contributed by atoms with Crippen LogP contribution in [0.2, 0.25) is 5.02 Å². The Bertz CT molecular complexity index is 1350. The smallest absolute Gasteiger partial charge is 0.188 e. The molecule has 182 valence electrons. The number of carbonyl (C=O) groups is 1. The molecule has 35 heavy (non-hydrogen) atoms. The third kappa shape index (κ3) is 5.66. The van der Waals surface area contributed by atoms with Crippen LogP contribution in [0.25, 0.3) is 11.0 Å². The summed E-state index contributed by atoms with van der Waals surface area (Å²) in [5, 5.41) is 0.507. The van der Waals surface area contributed by atoms with E-state index in [9.17, 15) is 4.79 Å². The average molecular weight is 560 g/mol. The molecule has 0 N–H and O–H groups in total. The van der Waals surface area contributed by atoms with Crippen molar-refractivity contribution >= 4 is 44.3 Å². The first-order valence-corrected chi connectivity index (χ1v) is 12.8. The molecule has 0 atom stereocenters. The summed E-state index contributed by atoms with van der Waals surface area (Å²) in [5.41, 5.74) is 2.21. The van der Waals surface area contributed by atoms with Gasteiger partial charge in [-0.1, -0.05) is 33.6 Å². The first-order chi connectivity index (χ1) is 17.0. The minimum Gasteiger partial charge on any atom is -0.373 e. The predicted molar refractivity (Wildman–Crippen MR) is 136 cm³/mol. The number of rotatable bonds is 11. The highest BCUT2D eigenvalue weighted by Gasteiger charge is 2.25. The topological polar surface area (TPSA) is 61.9 Å². The summed E-state index contributed by atoms with van der Waals surface area (Å²) in [4.78, 5) is 21.6. The molecule has 6 nitrogen and oxygen atoms in total. The predicted octanol–water partition coefficient (Wildman–Crippen LogP) is 6.08. The van der Waals surface area contributed by atoms with Crippen molar-refractivity contribution in [2.45, 2.75) is 38.8 Å². The van der Waals surface area contributed by atoms with Crippen molar-refractivity contribution in [1.82, 2.24) is 19.1 Å². The van der Waals surface area contributed by atoms with Crippen molar-refractivity contribution in [2.24, 2.45) is 5.92 Å². The fraction of sp³-hybridized carbons (Fsp3) is 0.346. The number of aryl methyl sites for hydroxylation is 2. The van der Waals surface area contributed by atoms with Gasteiger partial charge in [0, 0.05) is 52.5 Å². The molecule has 1 aliphatic rings. The van der Waals surface area contributed by atoms with Crippen LogP contribution in [0.4, 0.5) is 4.39 Å². The van der Waals surface area contributed by atoms with Crippen molar-refractivity contribution in [1.29, 1.82) is 0 Å². The van der Waals surface area contributed by atoms with Crippen LogP contribution < -0.4 is 0 Å². The Morgan fingerprint density at radius 2 is 2.09 bits per heavy atom. The average Bonchev–Trinajstić information content (AvgIpc) is 3.34. The fourth-order valence-electron chi connectivity index (χ4n) is 4.18. The number of carbonyl (C=O) groups excluding carboxylic acids is 1. The van der Waals surface area contributed by atoms with E-state index >= 15 is 4.39 Å². The van der Waals surface area contributed by atoms with E-state index in [1.54, 1.807) is 31.0 Å². The van der Waals surface area contributed by atoms with E-state index in [0.717, 1.165) is 35.8 Å². The second-order valence-corrected chi connectivity index (χ2v) is 10.3. The van der Waals surface area contributed by atoms with Crippen LogP contribution in [0.5, 0.6) is 0 Å². The van der Waals surface area contributed by atoms with Crippen LogP contribution in [0.1, 0.15) is 40.7 Å². The number of halogens is 3. The molecule has 0 saturated heterocycles. The molecule has 2 heterocycles. The summed E-state index contributed by atoms with van der Waals surface area (Å²) in [6, 6.07) is 7.21. The molecule has 0 spiro atoms. The zero-order valence-electron chi connectivity index (χ0n) is 19.1. The maximum Gasteiger partial charge on any atom is 0.188 e. The largest absolute Gasteiger partial charge is 0.373 e. The fourth-order valence-corrected chi connectivity index (χ4v) is 4.92. The number of aromatic nitrogens is 4. The lowest BCUT2D eigenvalue weighted by Crippen LogP contribution is -2.15. The molecule has 4 aromatic rings. The molecule has 2 aromatic heterocycles. The summed E-state index contributed by atoms with van der Waals surface area (Å²) in [6.45, 7) is 1.91. The number of imidazole rings is 2. The van der Waals surface area contributed by atoms with Gasteiger partial charge in [0.2, 0.25) is 0 Å². The third-order valence-electron chi connectivity index (χ3n) is 6.30. The normalized spacial score (nSPS) is 13.6. The first-order valence-electron chi connectivity index (χ1n) is 11.7. The molecule has 0 radical (unpaired) electrons. The van der Waals surface area contributed by atoms with E-state index < -0.39 is 5.82 Å². The molecule has 1 fully saturated rings. The summed E-state index contributed by atoms with van der Waals surface area (Å²) in [7, 11) is 0. The zero-order chi connectivity index (χ0) is 24.4. The highest BCUT2D eigenvalue weighted by molar-refractivity contribution is 9.10. The van der Waals surface area contributed by atoms with E-state index in [4.69, 9.17) is 16.3 Å². The number of benzene rings is 2. The minimum atomic E-state index is -0.486. The van der Waals surface area contributed by atoms with Gasteiger partial charge >= 0.3 is 0 Å². The Kier molecular flexibility index (Phi) is 7.32. The lowest BCUT2D eigenvalue weighted by atomic mass is 9.95. The molecule has 1 aliphatic carbocycles. The van der Waals surface area contributed by atoms with Gasteiger partial charge in [0.05, 0.1) is 24.8 Å². The van der Waals surface area contributed by atoms with Crippen molar-refractivity contribution in [3.05, 3.63) is 81.3 Å². The molecule has 5 rings (SSSR count).